The van der Waals surface area contributed by atoms with Gasteiger partial charge in [0.05, 0.1) is 12.5 Å². The van der Waals surface area contributed by atoms with Gasteiger partial charge in [0, 0.05) is 17.2 Å². The van der Waals surface area contributed by atoms with Gasteiger partial charge in [-0.1, -0.05) is 13.3 Å². The highest BCUT2D eigenvalue weighted by molar-refractivity contribution is 5.83. The van der Waals surface area contributed by atoms with Crippen molar-refractivity contribution in [2.24, 2.45) is 0 Å². The molecule has 1 heterocycles. The van der Waals surface area contributed by atoms with Crippen LogP contribution >= 0.6 is 0 Å². The molecule has 0 saturated heterocycles. The molecular weight excluding hydrogens is 308 g/mol. The van der Waals surface area contributed by atoms with Crippen LogP contribution in [-0.4, -0.2) is 17.3 Å². The molecule has 0 unspecified atom stereocenters. The minimum absolute atomic E-state index is 0.0394. The Morgan fingerprint density at radius 2 is 1.88 bits per heavy atom. The molecule has 3 rings (SSSR count). The molecule has 0 saturated carbocycles. The van der Waals surface area contributed by atoms with Crippen molar-refractivity contribution >= 4 is 11.0 Å². The number of aryl methyl sites for hydroxylation is 1. The van der Waals surface area contributed by atoms with Crippen LogP contribution in [0.3, 0.4) is 0 Å². The maximum Gasteiger partial charge on any atom is 0.193 e. The topological polar surface area (TPSA) is 79.9 Å². The molecule has 1 aromatic heterocycles. The van der Waals surface area contributed by atoms with E-state index in [1.165, 1.54) is 25.3 Å². The molecule has 0 aliphatic heterocycles. The van der Waals surface area contributed by atoms with Crippen molar-refractivity contribution in [2.45, 2.75) is 19.8 Å². The van der Waals surface area contributed by atoms with Gasteiger partial charge in [-0.3, -0.25) is 4.79 Å². The number of phenolic OH excluding ortho intramolecular Hbond substituents is 2. The van der Waals surface area contributed by atoms with E-state index in [9.17, 15) is 15.0 Å². The van der Waals surface area contributed by atoms with Gasteiger partial charge in [-0.15, -0.1) is 0 Å². The summed E-state index contributed by atoms with van der Waals surface area (Å²) in [4.78, 5) is 12.4. The van der Waals surface area contributed by atoms with Crippen molar-refractivity contribution in [2.75, 3.05) is 7.11 Å². The average Bonchev–Trinajstić information content (AvgIpc) is 2.57. The van der Waals surface area contributed by atoms with E-state index in [1.54, 1.807) is 18.2 Å². The summed E-state index contributed by atoms with van der Waals surface area (Å²) in [5, 5.41) is 20.4. The molecule has 0 atom stereocenters. The summed E-state index contributed by atoms with van der Waals surface area (Å²) in [6, 6.07) is 9.24. The highest BCUT2D eigenvalue weighted by atomic mass is 16.5. The summed E-state index contributed by atoms with van der Waals surface area (Å²) >= 11 is 0. The fourth-order valence-corrected chi connectivity index (χ4v) is 2.74. The van der Waals surface area contributed by atoms with Gasteiger partial charge in [0.1, 0.15) is 17.1 Å². The number of hydrogen-bond donors (Lipinski definition) is 2. The average molecular weight is 326 g/mol. The molecule has 2 aromatic carbocycles. The predicted octanol–water partition coefficient (Wildman–Crippen LogP) is 3.83. The first-order chi connectivity index (χ1) is 11.5. The van der Waals surface area contributed by atoms with E-state index in [4.69, 9.17) is 9.15 Å². The van der Waals surface area contributed by atoms with E-state index < -0.39 is 0 Å². The Balaban J connectivity index is 2.25. The Hall–Kier alpha value is -2.95. The van der Waals surface area contributed by atoms with Gasteiger partial charge in [0.25, 0.3) is 0 Å². The van der Waals surface area contributed by atoms with Crippen molar-refractivity contribution < 1.29 is 19.4 Å². The van der Waals surface area contributed by atoms with Crippen molar-refractivity contribution in [1.82, 2.24) is 0 Å². The number of phenols is 2. The van der Waals surface area contributed by atoms with Crippen LogP contribution in [-0.2, 0) is 6.42 Å². The molecule has 0 radical (unpaired) electrons. The molecule has 0 spiro atoms. The van der Waals surface area contributed by atoms with Crippen LogP contribution in [0.25, 0.3) is 22.3 Å². The highest BCUT2D eigenvalue weighted by Crippen LogP contribution is 2.34. The molecule has 0 bridgehead atoms. The fourth-order valence-electron chi connectivity index (χ4n) is 2.74. The van der Waals surface area contributed by atoms with Crippen LogP contribution < -0.4 is 10.2 Å². The highest BCUT2D eigenvalue weighted by Gasteiger charge is 2.14. The van der Waals surface area contributed by atoms with E-state index >= 15 is 0 Å². The second-order valence-electron chi connectivity index (χ2n) is 5.55. The summed E-state index contributed by atoms with van der Waals surface area (Å²) in [7, 11) is 1.46. The molecule has 5 nitrogen and oxygen atoms in total. The zero-order valence-electron chi connectivity index (χ0n) is 13.5. The van der Waals surface area contributed by atoms with E-state index in [0.29, 0.717) is 40.0 Å². The van der Waals surface area contributed by atoms with Gasteiger partial charge in [-0.05, 0) is 36.8 Å². The third-order valence-corrected chi connectivity index (χ3v) is 3.94. The fraction of sp³-hybridized carbons (Fsp3) is 0.211. The van der Waals surface area contributed by atoms with Crippen LogP contribution in [0.15, 0.2) is 45.6 Å². The lowest BCUT2D eigenvalue weighted by atomic mass is 10.0. The van der Waals surface area contributed by atoms with Crippen LogP contribution in [0.4, 0.5) is 0 Å². The standard InChI is InChI=1S/C19H18O5/c1-3-4-12-14(20)7-6-13-15(21)10-18(24-19(12)13)11-5-8-17(23-2)16(22)9-11/h5-10,20,22H,3-4H2,1-2H3. The quantitative estimate of drug-likeness (QED) is 0.761. The van der Waals surface area contributed by atoms with Gasteiger partial charge in [-0.25, -0.2) is 0 Å². The lowest BCUT2D eigenvalue weighted by Crippen LogP contribution is -2.02. The summed E-state index contributed by atoms with van der Waals surface area (Å²) in [5.41, 5.74) is 1.36. The van der Waals surface area contributed by atoms with Gasteiger partial charge in [0.2, 0.25) is 0 Å². The van der Waals surface area contributed by atoms with Crippen LogP contribution in [0.2, 0.25) is 0 Å². The Bertz CT molecular complexity index is 956. The van der Waals surface area contributed by atoms with Gasteiger partial charge >= 0.3 is 0 Å². The van der Waals surface area contributed by atoms with Crippen molar-refractivity contribution in [3.8, 4) is 28.6 Å². The SMILES string of the molecule is CCCc1c(O)ccc2c(=O)cc(-c3ccc(OC)c(O)c3)oc12. The normalized spacial score (nSPS) is 10.9. The Kier molecular flexibility index (Phi) is 4.16. The zero-order chi connectivity index (χ0) is 17.3. The van der Waals surface area contributed by atoms with E-state index in [1.807, 2.05) is 6.92 Å². The Labute approximate surface area is 138 Å². The van der Waals surface area contributed by atoms with Gasteiger partial charge in [-0.2, -0.15) is 0 Å². The number of aromatic hydroxyl groups is 2. The molecule has 124 valence electrons. The smallest absolute Gasteiger partial charge is 0.193 e. The van der Waals surface area contributed by atoms with Crippen molar-refractivity contribution in [3.05, 3.63) is 52.2 Å². The van der Waals surface area contributed by atoms with Crippen molar-refractivity contribution in [1.29, 1.82) is 0 Å². The largest absolute Gasteiger partial charge is 0.508 e. The van der Waals surface area contributed by atoms with E-state index in [0.717, 1.165) is 6.42 Å². The zero-order valence-corrected chi connectivity index (χ0v) is 13.5. The molecule has 0 aliphatic rings. The molecule has 24 heavy (non-hydrogen) atoms. The number of fused-ring (bicyclic) bond motifs is 1. The number of benzene rings is 2. The second kappa shape index (κ2) is 6.28. The second-order valence-corrected chi connectivity index (χ2v) is 5.55. The van der Waals surface area contributed by atoms with Gasteiger partial charge in [0.15, 0.2) is 16.9 Å². The van der Waals surface area contributed by atoms with Crippen LogP contribution in [0, 0.1) is 0 Å². The third kappa shape index (κ3) is 2.69. The number of rotatable bonds is 4. The Morgan fingerprint density at radius 1 is 1.08 bits per heavy atom. The molecule has 0 fully saturated rings. The van der Waals surface area contributed by atoms with E-state index in [2.05, 4.69) is 0 Å². The lowest BCUT2D eigenvalue weighted by molar-refractivity contribution is 0.373. The first-order valence-corrected chi connectivity index (χ1v) is 7.71. The molecular formula is C19H18O5. The van der Waals surface area contributed by atoms with Crippen molar-refractivity contribution in [3.63, 3.8) is 0 Å². The number of ether oxygens (including phenoxy) is 1. The first kappa shape index (κ1) is 15.9. The summed E-state index contributed by atoms with van der Waals surface area (Å²) in [6.07, 6.45) is 1.41. The maximum absolute atomic E-state index is 12.4. The van der Waals surface area contributed by atoms with Gasteiger partial charge < -0.3 is 19.4 Å². The molecule has 3 aromatic rings. The summed E-state index contributed by atoms with van der Waals surface area (Å²) < 4.78 is 10.9. The molecule has 2 N–H and O–H groups in total. The minimum Gasteiger partial charge on any atom is -0.508 e. The van der Waals surface area contributed by atoms with Crippen LogP contribution in [0.5, 0.6) is 17.2 Å². The first-order valence-electron chi connectivity index (χ1n) is 7.71. The third-order valence-electron chi connectivity index (χ3n) is 3.94. The molecule has 5 heteroatoms. The predicted molar refractivity (Wildman–Crippen MR) is 91.8 cm³/mol. The Morgan fingerprint density at radius 3 is 2.54 bits per heavy atom. The number of methoxy groups -OCH3 is 1. The molecule has 0 amide bonds. The minimum atomic E-state index is -0.195. The van der Waals surface area contributed by atoms with E-state index in [-0.39, 0.29) is 16.9 Å². The maximum atomic E-state index is 12.4. The lowest BCUT2D eigenvalue weighted by Gasteiger charge is -2.10. The summed E-state index contributed by atoms with van der Waals surface area (Å²) in [6.45, 7) is 1.99. The monoisotopic (exact) mass is 326 g/mol. The number of hydrogen-bond acceptors (Lipinski definition) is 5. The van der Waals surface area contributed by atoms with Crippen LogP contribution in [0.1, 0.15) is 18.9 Å². The molecule has 0 aliphatic carbocycles. The summed E-state index contributed by atoms with van der Waals surface area (Å²) in [5.74, 6) is 0.740.